The van der Waals surface area contributed by atoms with Crippen LogP contribution in [0.3, 0.4) is 0 Å². The number of nitrogens with one attached hydrogen (secondary N) is 1. The number of nitrogens with two attached hydrogens (primary N) is 2. The van der Waals surface area contributed by atoms with Gasteiger partial charge in [0, 0.05) is 31.3 Å². The Balaban J connectivity index is 0.000000586. The first-order chi connectivity index (χ1) is 31.8. The molecule has 71 heavy (non-hydrogen) atoms. The molecule has 0 bridgehead atoms. The van der Waals surface area contributed by atoms with Gasteiger partial charge in [-0.25, -0.2) is 15.0 Å². The maximum atomic E-state index is 12.7. The molecular weight excluding hydrogens is 985 g/mol. The molecule has 18 nitrogen and oxygen atoms in total. The van der Waals surface area contributed by atoms with Crippen molar-refractivity contribution in [2.24, 2.45) is 11.5 Å². The molecule has 5 aromatic heterocycles. The quantitative estimate of drug-likeness (QED) is 0.100. The van der Waals surface area contributed by atoms with Gasteiger partial charge in [-0.05, 0) is 123 Å². The summed E-state index contributed by atoms with van der Waals surface area (Å²) >= 11 is 2.90. The molecule has 0 spiro atoms. The van der Waals surface area contributed by atoms with Gasteiger partial charge in [0.05, 0.1) is 64.6 Å². The number of likely N-dealkylation sites (tertiary alicyclic amines) is 1. The minimum Gasteiger partial charge on any atom is -0.465 e. The van der Waals surface area contributed by atoms with Crippen LogP contribution < -0.4 is 16.8 Å². The Bertz CT molecular complexity index is 2560. The summed E-state index contributed by atoms with van der Waals surface area (Å²) in [6.07, 6.45) is 11.7. The molecule has 22 heteroatoms. The van der Waals surface area contributed by atoms with E-state index in [-0.39, 0.29) is 90.4 Å². The summed E-state index contributed by atoms with van der Waals surface area (Å²) in [4.78, 5) is 96.8. The molecule has 0 aliphatic carbocycles. The van der Waals surface area contributed by atoms with Crippen LogP contribution >= 0.6 is 49.7 Å². The highest BCUT2D eigenvalue weighted by Crippen LogP contribution is 2.35. The zero-order chi connectivity index (χ0) is 49.1. The first-order valence-corrected chi connectivity index (χ1v) is 23.7. The van der Waals surface area contributed by atoms with Crippen molar-refractivity contribution in [3.63, 3.8) is 0 Å². The number of thiazole rings is 2. The monoisotopic (exact) mass is 1060 g/mol. The van der Waals surface area contributed by atoms with Gasteiger partial charge in [0.2, 0.25) is 23.6 Å². The molecule has 0 unspecified atom stereocenters. The Hall–Kier alpha value is -5.55. The summed E-state index contributed by atoms with van der Waals surface area (Å²) < 4.78 is 11.8. The van der Waals surface area contributed by atoms with Gasteiger partial charge < -0.3 is 31.2 Å². The molecule has 3 amide bonds. The Morgan fingerprint density at radius 2 is 1.23 bits per heavy atom. The third-order valence-corrected chi connectivity index (χ3v) is 13.7. The summed E-state index contributed by atoms with van der Waals surface area (Å²) in [5.41, 5.74) is 13.4. The largest absolute Gasteiger partial charge is 0.465 e. The fourth-order valence-corrected chi connectivity index (χ4v) is 9.50. The van der Waals surface area contributed by atoms with E-state index in [1.165, 1.54) is 33.6 Å². The highest BCUT2D eigenvalue weighted by Gasteiger charge is 2.35. The molecule has 7 rings (SSSR count). The Morgan fingerprint density at radius 3 is 1.62 bits per heavy atom. The molecule has 5 aromatic rings. The van der Waals surface area contributed by atoms with E-state index in [1.807, 2.05) is 38.1 Å². The number of amides is 3. The van der Waals surface area contributed by atoms with E-state index in [0.29, 0.717) is 42.6 Å². The van der Waals surface area contributed by atoms with Crippen LogP contribution in [0.1, 0.15) is 120 Å². The number of carbonyl (C=O) groups is 6. The highest BCUT2D eigenvalue weighted by molar-refractivity contribution is 7.59. The molecular formula is C49H72N10O8S4. The van der Waals surface area contributed by atoms with Crippen molar-refractivity contribution in [1.29, 1.82) is 0 Å². The lowest BCUT2D eigenvalue weighted by molar-refractivity contribution is -0.149. The number of aryl methyl sites for hydroxylation is 2. The fraction of sp³-hybridized carbons (Fsp3) is 0.490. The Labute approximate surface area is 439 Å². The summed E-state index contributed by atoms with van der Waals surface area (Å²) in [5.74, 6) is -1.55. The smallest absolute Gasteiger partial charge is 0.317 e. The number of primary amides is 2. The van der Waals surface area contributed by atoms with E-state index in [1.54, 1.807) is 71.2 Å². The molecule has 2 atom stereocenters. The van der Waals surface area contributed by atoms with Crippen molar-refractivity contribution in [2.45, 2.75) is 132 Å². The minimum absolute atomic E-state index is 0. The van der Waals surface area contributed by atoms with E-state index in [2.05, 4.69) is 30.2 Å². The van der Waals surface area contributed by atoms with Gasteiger partial charge >= 0.3 is 11.9 Å². The van der Waals surface area contributed by atoms with Crippen LogP contribution in [0.15, 0.2) is 55.4 Å². The molecule has 2 saturated heterocycles. The number of nitrogens with zero attached hydrogens (tertiary/aromatic N) is 7. The standard InChI is InChI=1S/C22H28N4O4S.C20H22N4O3S.C5H10N2O.2CH4.2H2S/c1-5-30-21(29)22(3,4)16-11-14(8-9-24-16)19-13(2)25-17(31-19)12-18(27)26-10-6-7-15(26)20(23)28;1-5-27-19(26)20(3,4)15-10-14(6-7-22-15)18-13(2)23-16(28-18)11-17(25)24-9-8-21-12-24;6-5(8)4-2-1-3-7-4;;;;/h8-9,11,15H,5-7,10,12H2,1-4H3,(H2,23,28);6-10,12H,5,11H2,1-4H3;4,7H,1-3H2,(H2,6,8);2*1H4;2*1H2/t15-;;4-;;;;/m0.0..../s1. The Morgan fingerprint density at radius 1 is 0.732 bits per heavy atom. The third kappa shape index (κ3) is 16.2. The van der Waals surface area contributed by atoms with Crippen molar-refractivity contribution in [3.8, 4) is 20.9 Å². The Kier molecular flexibility index (Phi) is 25.5. The molecule has 0 saturated carbocycles. The van der Waals surface area contributed by atoms with Crippen molar-refractivity contribution < 1.29 is 38.2 Å². The van der Waals surface area contributed by atoms with Gasteiger partial charge in [-0.2, -0.15) is 27.0 Å². The molecule has 2 aliphatic rings. The second-order valence-corrected chi connectivity index (χ2v) is 19.2. The molecule has 0 radical (unpaired) electrons. The lowest BCUT2D eigenvalue weighted by Crippen LogP contribution is -2.44. The van der Waals surface area contributed by atoms with Crippen LogP contribution in [0, 0.1) is 13.8 Å². The van der Waals surface area contributed by atoms with Gasteiger partial charge in [-0.1, -0.05) is 14.9 Å². The van der Waals surface area contributed by atoms with Crippen LogP contribution in [0.5, 0.6) is 0 Å². The van der Waals surface area contributed by atoms with Gasteiger partial charge in [0.25, 0.3) is 0 Å². The summed E-state index contributed by atoms with van der Waals surface area (Å²) in [6, 6.07) is 6.93. The number of ether oxygens (including phenoxy) is 2. The van der Waals surface area contributed by atoms with E-state index in [4.69, 9.17) is 20.9 Å². The number of pyridine rings is 2. The van der Waals surface area contributed by atoms with Crippen LogP contribution in [-0.4, -0.2) is 108 Å². The number of rotatable bonds is 14. The maximum absolute atomic E-state index is 12.7. The van der Waals surface area contributed by atoms with Gasteiger partial charge in [0.15, 0.2) is 0 Å². The average molecular weight is 1060 g/mol. The van der Waals surface area contributed by atoms with E-state index in [9.17, 15) is 28.8 Å². The lowest BCUT2D eigenvalue weighted by atomic mass is 9.88. The van der Waals surface area contributed by atoms with E-state index < -0.39 is 22.8 Å². The SMILES string of the molecule is C.C.CCOC(=O)C(C)(C)c1cc(-c2sc(CC(=O)N3CCC[C@H]3C(N)=O)nc2C)ccn1.CCOC(=O)C(C)(C)c1cc(-c2sc(CC(=O)n3ccnc3)nc2C)ccn1.NC(=O)[C@@H]1CCCN1.S.S. The van der Waals surface area contributed by atoms with Crippen molar-refractivity contribution in [3.05, 3.63) is 88.2 Å². The second-order valence-electron chi connectivity index (χ2n) is 17.0. The predicted molar refractivity (Wildman–Crippen MR) is 288 cm³/mol. The van der Waals surface area contributed by atoms with Crippen LogP contribution in [0.25, 0.3) is 20.9 Å². The predicted octanol–water partition coefficient (Wildman–Crippen LogP) is 6.53. The summed E-state index contributed by atoms with van der Waals surface area (Å²) in [6.45, 7) is 16.6. The van der Waals surface area contributed by atoms with Gasteiger partial charge in [-0.15, -0.1) is 22.7 Å². The number of aromatic nitrogens is 6. The van der Waals surface area contributed by atoms with Crippen molar-refractivity contribution >= 4 is 85.2 Å². The first-order valence-electron chi connectivity index (χ1n) is 22.1. The zero-order valence-corrected chi connectivity index (χ0v) is 43.9. The fourth-order valence-electron chi connectivity index (χ4n) is 7.40. The highest BCUT2D eigenvalue weighted by atomic mass is 32.1. The van der Waals surface area contributed by atoms with Crippen LogP contribution in [-0.2, 0) is 57.1 Å². The number of hydrogen-bond acceptors (Lipinski definition) is 16. The minimum atomic E-state index is -0.886. The third-order valence-electron chi connectivity index (χ3n) is 11.3. The topological polar surface area (TPSA) is 258 Å². The first kappa shape index (κ1) is 63.5. The molecule has 390 valence electrons. The number of imidazole rings is 1. The number of carbonyl (C=O) groups excluding carboxylic acids is 6. The molecule has 2 aliphatic heterocycles. The molecule has 2 fully saturated rings. The van der Waals surface area contributed by atoms with E-state index in [0.717, 1.165) is 63.1 Å². The van der Waals surface area contributed by atoms with Gasteiger partial charge in [-0.3, -0.25) is 43.3 Å². The second kappa shape index (κ2) is 28.5. The molecule has 0 aromatic carbocycles. The maximum Gasteiger partial charge on any atom is 0.317 e. The summed E-state index contributed by atoms with van der Waals surface area (Å²) in [5, 5.41) is 4.39. The van der Waals surface area contributed by atoms with Crippen molar-refractivity contribution in [1.82, 2.24) is 39.7 Å². The average Bonchev–Trinajstić information content (AvgIpc) is 4.16. The normalized spacial score (nSPS) is 14.8. The molecule has 5 N–H and O–H groups in total. The van der Waals surface area contributed by atoms with Crippen LogP contribution in [0.4, 0.5) is 0 Å². The van der Waals surface area contributed by atoms with Crippen molar-refractivity contribution in [2.75, 3.05) is 26.3 Å². The number of hydrogen-bond donors (Lipinski definition) is 3. The van der Waals surface area contributed by atoms with Gasteiger partial charge in [0.1, 0.15) is 33.2 Å². The van der Waals surface area contributed by atoms with Crippen LogP contribution in [0.2, 0.25) is 0 Å². The lowest BCUT2D eigenvalue weighted by Gasteiger charge is -2.22. The zero-order valence-electron chi connectivity index (χ0n) is 40.3. The number of esters is 2. The summed E-state index contributed by atoms with van der Waals surface area (Å²) in [7, 11) is 0. The molecule has 7 heterocycles. The van der Waals surface area contributed by atoms with E-state index >= 15 is 0 Å².